The lowest BCUT2D eigenvalue weighted by molar-refractivity contribution is 0.0950. The van der Waals surface area contributed by atoms with Gasteiger partial charge in [0.1, 0.15) is 5.82 Å². The first-order chi connectivity index (χ1) is 7.50. The van der Waals surface area contributed by atoms with Crippen LogP contribution in [0.5, 0.6) is 0 Å². The summed E-state index contributed by atoms with van der Waals surface area (Å²) in [5.74, 6) is -0.486. The van der Waals surface area contributed by atoms with E-state index >= 15 is 0 Å². The molecule has 0 saturated heterocycles. The Labute approximate surface area is 108 Å². The number of benzene rings is 1. The fourth-order valence-electron chi connectivity index (χ4n) is 1.16. The number of hydrogen-bond donors (Lipinski definition) is 1. The molecule has 1 N–H and O–H groups in total. The van der Waals surface area contributed by atoms with Gasteiger partial charge in [0.05, 0.1) is 5.56 Å². The molecule has 1 amide bonds. The van der Waals surface area contributed by atoms with Crippen LogP contribution in [0.2, 0.25) is 0 Å². The third-order valence-electron chi connectivity index (χ3n) is 2.02. The van der Waals surface area contributed by atoms with E-state index in [1.165, 1.54) is 18.2 Å². The van der Waals surface area contributed by atoms with Gasteiger partial charge in [0.25, 0.3) is 5.91 Å². The van der Waals surface area contributed by atoms with E-state index in [4.69, 9.17) is 0 Å². The summed E-state index contributed by atoms with van der Waals surface area (Å²) in [4.78, 5) is 13.7. The van der Waals surface area contributed by atoms with Crippen molar-refractivity contribution in [1.29, 1.82) is 0 Å². The lowest BCUT2D eigenvalue weighted by Crippen LogP contribution is -2.31. The van der Waals surface area contributed by atoms with Gasteiger partial charge >= 0.3 is 0 Å². The molecule has 0 aliphatic carbocycles. The summed E-state index contributed by atoms with van der Waals surface area (Å²) in [5.41, 5.74) is 0.515. The number of amides is 1. The molecule has 0 spiro atoms. The molecule has 0 saturated carbocycles. The molecule has 0 aliphatic heterocycles. The Bertz CT molecular complexity index is 382. The zero-order valence-electron chi connectivity index (χ0n) is 9.26. The summed E-state index contributed by atoms with van der Waals surface area (Å²) in [6.07, 6.45) is 0. The number of hydrogen-bond acceptors (Lipinski definition) is 2. The number of nitrogens with zero attached hydrogens (tertiary/aromatic N) is 1. The van der Waals surface area contributed by atoms with E-state index in [1.807, 2.05) is 41.6 Å². The van der Waals surface area contributed by atoms with Crippen LogP contribution in [-0.4, -0.2) is 38.0 Å². The first-order valence-electron chi connectivity index (χ1n) is 4.88. The predicted molar refractivity (Wildman–Crippen MR) is 70.0 cm³/mol. The molecule has 0 bridgehead atoms. The van der Waals surface area contributed by atoms with Crippen LogP contribution in [0.4, 0.5) is 4.39 Å². The van der Waals surface area contributed by atoms with Crippen molar-refractivity contribution in [2.24, 2.45) is 0 Å². The van der Waals surface area contributed by atoms with E-state index in [-0.39, 0.29) is 11.7 Å². The lowest BCUT2D eigenvalue weighted by Gasteiger charge is -2.11. The minimum absolute atomic E-state index is 0.161. The highest BCUT2D eigenvalue weighted by Gasteiger charge is 2.09. The zero-order valence-corrected chi connectivity index (χ0v) is 11.4. The molecule has 0 radical (unpaired) electrons. The van der Waals surface area contributed by atoms with Crippen molar-refractivity contribution < 1.29 is 9.18 Å². The molecule has 0 fully saturated rings. The van der Waals surface area contributed by atoms with Gasteiger partial charge in [-0.3, -0.25) is 4.79 Å². The molecule has 0 aliphatic rings. The van der Waals surface area contributed by atoms with Crippen molar-refractivity contribution in [3.63, 3.8) is 0 Å². The van der Waals surface area contributed by atoms with Gasteiger partial charge in [0, 0.05) is 16.7 Å². The summed E-state index contributed by atoms with van der Waals surface area (Å²) in [6, 6.07) is 4.15. The van der Waals surface area contributed by atoms with E-state index in [0.717, 1.165) is 6.54 Å². The first kappa shape index (κ1) is 13.4. The number of halogens is 2. The number of carbonyl (C=O) groups excluding carboxylic acids is 1. The molecule has 88 valence electrons. The fraction of sp³-hybridized carbons (Fsp3) is 0.364. The van der Waals surface area contributed by atoms with Gasteiger partial charge in [-0.05, 0) is 54.9 Å². The van der Waals surface area contributed by atoms with Crippen LogP contribution in [0, 0.1) is 9.39 Å². The maximum atomic E-state index is 12.8. The summed E-state index contributed by atoms with van der Waals surface area (Å²) in [7, 11) is 3.88. The monoisotopic (exact) mass is 336 g/mol. The van der Waals surface area contributed by atoms with Crippen LogP contribution < -0.4 is 5.32 Å². The van der Waals surface area contributed by atoms with E-state index in [0.29, 0.717) is 15.7 Å². The van der Waals surface area contributed by atoms with Crippen LogP contribution in [0.25, 0.3) is 0 Å². The number of nitrogens with one attached hydrogen (secondary N) is 1. The maximum absolute atomic E-state index is 12.8. The first-order valence-corrected chi connectivity index (χ1v) is 5.96. The molecular weight excluding hydrogens is 322 g/mol. The fourth-order valence-corrected chi connectivity index (χ4v) is 1.88. The van der Waals surface area contributed by atoms with E-state index < -0.39 is 0 Å². The summed E-state index contributed by atoms with van der Waals surface area (Å²) in [5, 5.41) is 2.78. The Kier molecular flexibility index (Phi) is 5.14. The van der Waals surface area contributed by atoms with Gasteiger partial charge in [-0.25, -0.2) is 4.39 Å². The Morgan fingerprint density at radius 3 is 2.75 bits per heavy atom. The summed E-state index contributed by atoms with van der Waals surface area (Å²) >= 11 is 1.96. The topological polar surface area (TPSA) is 32.3 Å². The highest BCUT2D eigenvalue weighted by Crippen LogP contribution is 2.13. The average Bonchev–Trinajstić information content (AvgIpc) is 2.16. The maximum Gasteiger partial charge on any atom is 0.252 e. The molecule has 5 heteroatoms. The molecule has 1 aromatic rings. The normalized spacial score (nSPS) is 10.6. The van der Waals surface area contributed by atoms with Crippen molar-refractivity contribution in [1.82, 2.24) is 10.2 Å². The minimum Gasteiger partial charge on any atom is -0.351 e. The van der Waals surface area contributed by atoms with Gasteiger partial charge in [-0.15, -0.1) is 0 Å². The van der Waals surface area contributed by atoms with Gasteiger partial charge in [-0.2, -0.15) is 0 Å². The van der Waals surface area contributed by atoms with E-state index in [9.17, 15) is 9.18 Å². The molecule has 16 heavy (non-hydrogen) atoms. The Balaban J connectivity index is 2.59. The second-order valence-corrected chi connectivity index (χ2v) is 4.85. The summed E-state index contributed by atoms with van der Waals surface area (Å²) < 4.78 is 13.5. The Hall–Kier alpha value is -0.690. The van der Waals surface area contributed by atoms with Crippen LogP contribution in [-0.2, 0) is 0 Å². The third-order valence-corrected chi connectivity index (χ3v) is 2.91. The minimum atomic E-state index is -0.325. The SMILES string of the molecule is CN(C)CCNC(=O)c1ccc(F)cc1I. The standard InChI is InChI=1S/C11H14FIN2O/c1-15(2)6-5-14-11(16)9-4-3-8(12)7-10(9)13/h3-4,7H,5-6H2,1-2H3,(H,14,16). The summed E-state index contributed by atoms with van der Waals surface area (Å²) in [6.45, 7) is 1.36. The second-order valence-electron chi connectivity index (χ2n) is 3.68. The largest absolute Gasteiger partial charge is 0.351 e. The van der Waals surface area contributed by atoms with Gasteiger partial charge in [0.2, 0.25) is 0 Å². The predicted octanol–water partition coefficient (Wildman–Crippen LogP) is 1.72. The second kappa shape index (κ2) is 6.15. The molecule has 3 nitrogen and oxygen atoms in total. The van der Waals surface area contributed by atoms with Gasteiger partial charge in [0.15, 0.2) is 0 Å². The number of rotatable bonds is 4. The van der Waals surface area contributed by atoms with Crippen LogP contribution in [0.1, 0.15) is 10.4 Å². The quantitative estimate of drug-likeness (QED) is 0.850. The molecule has 1 aromatic carbocycles. The average molecular weight is 336 g/mol. The van der Waals surface area contributed by atoms with E-state index in [2.05, 4.69) is 5.32 Å². The van der Waals surface area contributed by atoms with Crippen LogP contribution >= 0.6 is 22.6 Å². The zero-order chi connectivity index (χ0) is 12.1. The van der Waals surface area contributed by atoms with Crippen molar-refractivity contribution in [3.8, 4) is 0 Å². The number of likely N-dealkylation sites (N-methyl/N-ethyl adjacent to an activating group) is 1. The van der Waals surface area contributed by atoms with Crippen LogP contribution in [0.3, 0.4) is 0 Å². The molecule has 0 unspecified atom stereocenters. The lowest BCUT2D eigenvalue weighted by atomic mass is 10.2. The van der Waals surface area contributed by atoms with Crippen molar-refractivity contribution >= 4 is 28.5 Å². The Morgan fingerprint density at radius 2 is 2.19 bits per heavy atom. The highest BCUT2D eigenvalue weighted by atomic mass is 127. The molecule has 0 heterocycles. The Morgan fingerprint density at radius 1 is 1.50 bits per heavy atom. The third kappa shape index (κ3) is 4.05. The van der Waals surface area contributed by atoms with E-state index in [1.54, 1.807) is 0 Å². The molecule has 0 aromatic heterocycles. The molecule has 0 atom stereocenters. The highest BCUT2D eigenvalue weighted by molar-refractivity contribution is 14.1. The van der Waals surface area contributed by atoms with Gasteiger partial charge in [-0.1, -0.05) is 0 Å². The van der Waals surface area contributed by atoms with Gasteiger partial charge < -0.3 is 10.2 Å². The van der Waals surface area contributed by atoms with Crippen molar-refractivity contribution in [3.05, 3.63) is 33.1 Å². The van der Waals surface area contributed by atoms with Crippen molar-refractivity contribution in [2.45, 2.75) is 0 Å². The molecular formula is C11H14FIN2O. The molecule has 1 rings (SSSR count). The smallest absolute Gasteiger partial charge is 0.252 e. The van der Waals surface area contributed by atoms with Crippen molar-refractivity contribution in [2.75, 3.05) is 27.2 Å². The van der Waals surface area contributed by atoms with Crippen LogP contribution in [0.15, 0.2) is 18.2 Å². The number of carbonyl (C=O) groups is 1.